The molecule has 1 aromatic heterocycles. The average Bonchev–Trinajstić information content (AvgIpc) is 3.23. The Balaban J connectivity index is 0.00000288. The predicted molar refractivity (Wildman–Crippen MR) is 113 cm³/mol. The number of nitrogens with zero attached hydrogens (tertiary/aromatic N) is 3. The number of likely N-dealkylation sites (N-methyl/N-ethyl adjacent to an activating group) is 1. The summed E-state index contributed by atoms with van der Waals surface area (Å²) in [5, 5.41) is 6.78. The molecule has 1 N–H and O–H groups in total. The lowest BCUT2D eigenvalue weighted by Crippen LogP contribution is -2.41. The molecule has 1 fully saturated rings. The third-order valence-corrected chi connectivity index (χ3v) is 5.12. The summed E-state index contributed by atoms with van der Waals surface area (Å²) in [6.07, 6.45) is 3.61. The summed E-state index contributed by atoms with van der Waals surface area (Å²) < 4.78 is 5.69. The molecule has 0 radical (unpaired) electrons. The Morgan fingerprint density at radius 1 is 1.50 bits per heavy atom. The van der Waals surface area contributed by atoms with Crippen LogP contribution in [0.25, 0.3) is 0 Å². The van der Waals surface area contributed by atoms with Crippen molar-refractivity contribution in [2.24, 2.45) is 10.9 Å². The zero-order valence-electron chi connectivity index (χ0n) is 15.2. The van der Waals surface area contributed by atoms with E-state index in [4.69, 9.17) is 4.74 Å². The average molecular weight is 466 g/mol. The van der Waals surface area contributed by atoms with Gasteiger partial charge in [0.25, 0.3) is 0 Å². The van der Waals surface area contributed by atoms with Gasteiger partial charge in [-0.2, -0.15) is 0 Å². The molecule has 7 heteroatoms. The molecular weight excluding hydrogens is 435 g/mol. The van der Waals surface area contributed by atoms with Crippen LogP contribution in [0, 0.1) is 5.92 Å². The molecule has 0 aliphatic heterocycles. The minimum Gasteiger partial charge on any atom is -0.379 e. The third kappa shape index (κ3) is 7.65. The van der Waals surface area contributed by atoms with Gasteiger partial charge in [0.2, 0.25) is 0 Å². The minimum atomic E-state index is 0. The fraction of sp³-hybridized carbons (Fsp3) is 0.765. The standard InChI is InChI=1S/C17H30N4OS.HI/c1-13(2)16-20-15(12-23-16)7-8-19-17(18-3)21(4)9-10-22-11-14-5-6-14;/h12-14H,5-11H2,1-4H3,(H,18,19);1H. The van der Waals surface area contributed by atoms with Crippen molar-refractivity contribution >= 4 is 41.3 Å². The maximum atomic E-state index is 5.69. The number of thiazole rings is 1. The second-order valence-electron chi connectivity index (χ2n) is 6.50. The van der Waals surface area contributed by atoms with Crippen LogP contribution >= 0.6 is 35.3 Å². The summed E-state index contributed by atoms with van der Waals surface area (Å²) in [6, 6.07) is 0. The van der Waals surface area contributed by atoms with Crippen LogP contribution < -0.4 is 5.32 Å². The van der Waals surface area contributed by atoms with Gasteiger partial charge in [-0.15, -0.1) is 35.3 Å². The van der Waals surface area contributed by atoms with Gasteiger partial charge in [-0.3, -0.25) is 4.99 Å². The van der Waals surface area contributed by atoms with E-state index in [9.17, 15) is 0 Å². The van der Waals surface area contributed by atoms with Crippen molar-refractivity contribution < 1.29 is 4.74 Å². The van der Waals surface area contributed by atoms with Gasteiger partial charge in [-0.1, -0.05) is 13.8 Å². The Hall–Kier alpha value is -0.410. The molecule has 1 aliphatic rings. The Kier molecular flexibility index (Phi) is 10.1. The van der Waals surface area contributed by atoms with Crippen molar-refractivity contribution in [2.75, 3.05) is 40.4 Å². The normalized spacial score (nSPS) is 14.6. The van der Waals surface area contributed by atoms with Crippen molar-refractivity contribution in [3.05, 3.63) is 16.1 Å². The monoisotopic (exact) mass is 466 g/mol. The Morgan fingerprint density at radius 2 is 2.25 bits per heavy atom. The van der Waals surface area contributed by atoms with Crippen molar-refractivity contribution in [1.29, 1.82) is 0 Å². The lowest BCUT2D eigenvalue weighted by Gasteiger charge is -2.21. The second-order valence-corrected chi connectivity index (χ2v) is 7.39. The van der Waals surface area contributed by atoms with Crippen molar-refractivity contribution in [3.8, 4) is 0 Å². The Bertz CT molecular complexity index is 503. The highest BCUT2D eigenvalue weighted by Gasteiger charge is 2.21. The third-order valence-electron chi connectivity index (χ3n) is 3.92. The fourth-order valence-electron chi connectivity index (χ4n) is 2.23. The zero-order chi connectivity index (χ0) is 16.7. The van der Waals surface area contributed by atoms with E-state index in [0.717, 1.165) is 50.3 Å². The van der Waals surface area contributed by atoms with Gasteiger partial charge in [-0.25, -0.2) is 4.98 Å². The minimum absolute atomic E-state index is 0. The summed E-state index contributed by atoms with van der Waals surface area (Å²) in [6.45, 7) is 7.76. The molecule has 0 saturated heterocycles. The molecule has 2 rings (SSSR count). The van der Waals surface area contributed by atoms with Gasteiger partial charge in [0, 0.05) is 51.5 Å². The van der Waals surface area contributed by atoms with E-state index < -0.39 is 0 Å². The highest BCUT2D eigenvalue weighted by atomic mass is 127. The summed E-state index contributed by atoms with van der Waals surface area (Å²) >= 11 is 1.75. The first-order chi connectivity index (χ1) is 11.1. The lowest BCUT2D eigenvalue weighted by molar-refractivity contribution is 0.115. The first-order valence-electron chi connectivity index (χ1n) is 8.54. The highest BCUT2D eigenvalue weighted by Crippen LogP contribution is 2.28. The van der Waals surface area contributed by atoms with Crippen LogP contribution in [-0.2, 0) is 11.2 Å². The van der Waals surface area contributed by atoms with Gasteiger partial charge < -0.3 is 15.0 Å². The van der Waals surface area contributed by atoms with Crippen LogP contribution in [0.1, 0.15) is 43.3 Å². The van der Waals surface area contributed by atoms with E-state index in [-0.39, 0.29) is 24.0 Å². The van der Waals surface area contributed by atoms with Crippen LogP contribution in [0.5, 0.6) is 0 Å². The molecule has 0 bridgehead atoms. The van der Waals surface area contributed by atoms with Gasteiger partial charge in [0.05, 0.1) is 17.3 Å². The molecule has 1 aliphatic carbocycles. The van der Waals surface area contributed by atoms with E-state index in [1.807, 2.05) is 7.05 Å². The number of aliphatic imine (C=N–C) groups is 1. The molecule has 1 saturated carbocycles. The molecule has 1 aromatic rings. The van der Waals surface area contributed by atoms with Gasteiger partial charge in [-0.05, 0) is 18.8 Å². The van der Waals surface area contributed by atoms with Crippen molar-refractivity contribution in [1.82, 2.24) is 15.2 Å². The molecule has 24 heavy (non-hydrogen) atoms. The fourth-order valence-corrected chi connectivity index (χ4v) is 3.10. The quantitative estimate of drug-likeness (QED) is 0.263. The van der Waals surface area contributed by atoms with E-state index in [0.29, 0.717) is 5.92 Å². The zero-order valence-corrected chi connectivity index (χ0v) is 18.4. The van der Waals surface area contributed by atoms with E-state index in [1.54, 1.807) is 11.3 Å². The van der Waals surface area contributed by atoms with Gasteiger partial charge in [0.1, 0.15) is 0 Å². The van der Waals surface area contributed by atoms with Crippen molar-refractivity contribution in [2.45, 2.75) is 39.0 Å². The molecule has 0 aromatic carbocycles. The molecule has 5 nitrogen and oxygen atoms in total. The number of nitrogens with one attached hydrogen (secondary N) is 1. The highest BCUT2D eigenvalue weighted by molar-refractivity contribution is 14.0. The van der Waals surface area contributed by atoms with Gasteiger partial charge >= 0.3 is 0 Å². The summed E-state index contributed by atoms with van der Waals surface area (Å²) in [4.78, 5) is 11.1. The van der Waals surface area contributed by atoms with Crippen LogP contribution in [0.4, 0.5) is 0 Å². The SMILES string of the molecule is CN=C(NCCc1csc(C(C)C)n1)N(C)CCOCC1CC1.I. The molecule has 0 unspecified atom stereocenters. The lowest BCUT2D eigenvalue weighted by atomic mass is 10.2. The number of ether oxygens (including phenoxy) is 1. The van der Waals surface area contributed by atoms with Gasteiger partial charge in [0.15, 0.2) is 5.96 Å². The number of hydrogen-bond acceptors (Lipinski definition) is 4. The first kappa shape index (κ1) is 21.6. The number of rotatable bonds is 9. The Labute approximate surface area is 167 Å². The number of aromatic nitrogens is 1. The maximum absolute atomic E-state index is 5.69. The number of guanidine groups is 1. The maximum Gasteiger partial charge on any atom is 0.193 e. The van der Waals surface area contributed by atoms with Crippen LogP contribution in [0.15, 0.2) is 10.4 Å². The molecular formula is C17H31IN4OS. The van der Waals surface area contributed by atoms with E-state index in [1.165, 1.54) is 17.8 Å². The van der Waals surface area contributed by atoms with Crippen LogP contribution in [-0.4, -0.2) is 56.2 Å². The second kappa shape index (κ2) is 11.3. The number of halogens is 1. The van der Waals surface area contributed by atoms with Crippen LogP contribution in [0.2, 0.25) is 0 Å². The predicted octanol–water partition coefficient (Wildman–Crippen LogP) is 3.36. The smallest absolute Gasteiger partial charge is 0.193 e. The Morgan fingerprint density at radius 3 is 2.83 bits per heavy atom. The topological polar surface area (TPSA) is 49.8 Å². The summed E-state index contributed by atoms with van der Waals surface area (Å²) in [5.41, 5.74) is 1.16. The largest absolute Gasteiger partial charge is 0.379 e. The first-order valence-corrected chi connectivity index (χ1v) is 9.42. The molecule has 0 atom stereocenters. The van der Waals surface area contributed by atoms with Crippen LogP contribution in [0.3, 0.4) is 0 Å². The van der Waals surface area contributed by atoms with E-state index in [2.05, 4.69) is 46.5 Å². The molecule has 0 spiro atoms. The molecule has 1 heterocycles. The molecule has 0 amide bonds. The number of hydrogen-bond donors (Lipinski definition) is 1. The van der Waals surface area contributed by atoms with E-state index >= 15 is 0 Å². The van der Waals surface area contributed by atoms with Crippen molar-refractivity contribution in [3.63, 3.8) is 0 Å². The summed E-state index contributed by atoms with van der Waals surface area (Å²) in [5.74, 6) is 2.25. The molecule has 138 valence electrons. The summed E-state index contributed by atoms with van der Waals surface area (Å²) in [7, 11) is 3.87.